The smallest absolute Gasteiger partial charge is 0.269 e. The fourth-order valence-corrected chi connectivity index (χ4v) is 4.93. The van der Waals surface area contributed by atoms with Crippen LogP contribution in [0.5, 0.6) is 5.75 Å². The third-order valence-corrected chi connectivity index (χ3v) is 7.23. The number of halogens is 1. The van der Waals surface area contributed by atoms with Gasteiger partial charge in [0.05, 0.1) is 32.4 Å². The lowest BCUT2D eigenvalue weighted by atomic mass is 9.87. The number of imide groups is 1. The van der Waals surface area contributed by atoms with Crippen LogP contribution in [-0.4, -0.2) is 30.3 Å². The summed E-state index contributed by atoms with van der Waals surface area (Å²) in [5.74, 6) is -1.62. The first kappa shape index (κ1) is 23.7. The van der Waals surface area contributed by atoms with E-state index in [1.165, 1.54) is 43.3 Å². The maximum atomic E-state index is 13.3. The molecule has 0 unspecified atom stereocenters. The Morgan fingerprint density at radius 3 is 2.15 bits per heavy atom. The molecule has 1 aromatic heterocycles. The fraction of sp³-hybridized carbons (Fsp3) is 0.208. The molecule has 2 aromatic carbocycles. The van der Waals surface area contributed by atoms with Crippen LogP contribution in [0, 0.1) is 6.92 Å². The SMILES string of the molecule is Cc1nc(N2C(=O)c3c(Cl)ccc(NS(=O)(=O)c4ccc(C(C)(C)C)cc4)c3C2=O)ccc1O. The monoisotopic (exact) mass is 499 g/mol. The molecule has 1 aliphatic heterocycles. The van der Waals surface area contributed by atoms with Gasteiger partial charge in [-0.3, -0.25) is 14.3 Å². The number of aromatic nitrogens is 1. The summed E-state index contributed by atoms with van der Waals surface area (Å²) in [4.78, 5) is 31.3. The molecule has 10 heteroatoms. The van der Waals surface area contributed by atoms with Crippen LogP contribution in [0.4, 0.5) is 11.5 Å². The van der Waals surface area contributed by atoms with Gasteiger partial charge in [0.15, 0.2) is 0 Å². The Morgan fingerprint density at radius 2 is 1.56 bits per heavy atom. The summed E-state index contributed by atoms with van der Waals surface area (Å²) in [6.07, 6.45) is 0. The van der Waals surface area contributed by atoms with Crippen molar-refractivity contribution in [2.24, 2.45) is 0 Å². The summed E-state index contributed by atoms with van der Waals surface area (Å²) in [6, 6.07) is 11.8. The van der Waals surface area contributed by atoms with Crippen LogP contribution in [0.25, 0.3) is 0 Å². The molecule has 0 saturated carbocycles. The number of aryl methyl sites for hydroxylation is 1. The molecule has 2 N–H and O–H groups in total. The Morgan fingerprint density at radius 1 is 0.941 bits per heavy atom. The minimum atomic E-state index is -4.07. The highest BCUT2D eigenvalue weighted by molar-refractivity contribution is 7.92. The topological polar surface area (TPSA) is 117 Å². The second-order valence-corrected chi connectivity index (χ2v) is 11.0. The average molecular weight is 500 g/mol. The highest BCUT2D eigenvalue weighted by Gasteiger charge is 2.42. The lowest BCUT2D eigenvalue weighted by molar-refractivity contribution is 0.0925. The molecule has 3 aromatic rings. The summed E-state index contributed by atoms with van der Waals surface area (Å²) in [5, 5.41) is 9.73. The van der Waals surface area contributed by atoms with E-state index in [9.17, 15) is 23.1 Å². The number of sulfonamides is 1. The molecule has 2 amide bonds. The van der Waals surface area contributed by atoms with Crippen molar-refractivity contribution in [2.45, 2.75) is 38.0 Å². The number of pyridine rings is 1. The summed E-state index contributed by atoms with van der Waals surface area (Å²) >= 11 is 6.22. The normalized spacial score (nSPS) is 13.9. The van der Waals surface area contributed by atoms with Gasteiger partial charge in [0.25, 0.3) is 21.8 Å². The molecular weight excluding hydrogens is 478 g/mol. The third kappa shape index (κ3) is 4.01. The van der Waals surface area contributed by atoms with Crippen molar-refractivity contribution in [1.29, 1.82) is 0 Å². The molecule has 0 spiro atoms. The largest absolute Gasteiger partial charge is 0.506 e. The second-order valence-electron chi connectivity index (χ2n) is 8.94. The van der Waals surface area contributed by atoms with Gasteiger partial charge in [-0.15, -0.1) is 0 Å². The standard InChI is InChI=1S/C24H22ClN3O5S/c1-13-18(29)11-12-19(26-13)28-22(30)20-16(25)9-10-17(21(20)23(28)31)27-34(32,33)15-7-5-14(6-8-15)24(2,3)4/h5-12,27,29H,1-4H3. The van der Waals surface area contributed by atoms with E-state index in [1.54, 1.807) is 12.1 Å². The summed E-state index contributed by atoms with van der Waals surface area (Å²) in [7, 11) is -4.07. The molecule has 4 rings (SSSR count). The minimum Gasteiger partial charge on any atom is -0.506 e. The average Bonchev–Trinajstić information content (AvgIpc) is 3.03. The lowest BCUT2D eigenvalue weighted by Crippen LogP contribution is -2.30. The zero-order valence-electron chi connectivity index (χ0n) is 18.9. The summed E-state index contributed by atoms with van der Waals surface area (Å²) < 4.78 is 28.6. The zero-order valence-corrected chi connectivity index (χ0v) is 20.5. The van der Waals surface area contributed by atoms with Crippen molar-refractivity contribution in [2.75, 3.05) is 9.62 Å². The van der Waals surface area contributed by atoms with Crippen molar-refractivity contribution in [3.05, 3.63) is 75.9 Å². The second kappa shape index (κ2) is 8.11. The van der Waals surface area contributed by atoms with E-state index in [4.69, 9.17) is 11.6 Å². The van der Waals surface area contributed by atoms with E-state index in [0.717, 1.165) is 10.5 Å². The Hall–Kier alpha value is -3.43. The van der Waals surface area contributed by atoms with E-state index in [1.807, 2.05) is 20.8 Å². The fourth-order valence-electron chi connectivity index (χ4n) is 3.62. The third-order valence-electron chi connectivity index (χ3n) is 5.54. The number of fused-ring (bicyclic) bond motifs is 1. The van der Waals surface area contributed by atoms with Crippen molar-refractivity contribution in [1.82, 2.24) is 4.98 Å². The van der Waals surface area contributed by atoms with Gasteiger partial charge in [-0.05, 0) is 54.3 Å². The van der Waals surface area contributed by atoms with Gasteiger partial charge in [-0.1, -0.05) is 44.5 Å². The first-order chi connectivity index (χ1) is 15.8. The number of benzene rings is 2. The van der Waals surface area contributed by atoms with E-state index >= 15 is 0 Å². The predicted molar refractivity (Wildman–Crippen MR) is 129 cm³/mol. The van der Waals surface area contributed by atoms with Gasteiger partial charge in [-0.2, -0.15) is 0 Å². The number of carbonyl (C=O) groups excluding carboxylic acids is 2. The van der Waals surface area contributed by atoms with Crippen LogP contribution in [-0.2, 0) is 15.4 Å². The molecule has 34 heavy (non-hydrogen) atoms. The van der Waals surface area contributed by atoms with E-state index in [-0.39, 0.29) is 49.4 Å². The molecule has 0 bridgehead atoms. The number of aromatic hydroxyl groups is 1. The summed E-state index contributed by atoms with van der Waals surface area (Å²) in [5.41, 5.74) is 0.675. The molecule has 8 nitrogen and oxygen atoms in total. The molecule has 2 heterocycles. The van der Waals surface area contributed by atoms with E-state index in [0.29, 0.717) is 0 Å². The van der Waals surface area contributed by atoms with Crippen LogP contribution in [0.1, 0.15) is 52.7 Å². The molecule has 0 atom stereocenters. The Bertz CT molecular complexity index is 1440. The van der Waals surface area contributed by atoms with Crippen LogP contribution in [0.2, 0.25) is 5.02 Å². The number of hydrogen-bond acceptors (Lipinski definition) is 6. The number of anilines is 2. The van der Waals surface area contributed by atoms with Crippen LogP contribution < -0.4 is 9.62 Å². The molecule has 0 fully saturated rings. The highest BCUT2D eigenvalue weighted by atomic mass is 35.5. The molecule has 0 radical (unpaired) electrons. The molecular formula is C24H22ClN3O5S. The van der Waals surface area contributed by atoms with E-state index < -0.39 is 21.8 Å². The number of nitrogens with zero attached hydrogens (tertiary/aromatic N) is 2. The van der Waals surface area contributed by atoms with Crippen LogP contribution in [0.15, 0.2) is 53.4 Å². The Balaban J connectivity index is 1.74. The summed E-state index contributed by atoms with van der Waals surface area (Å²) in [6.45, 7) is 7.58. The van der Waals surface area contributed by atoms with Crippen molar-refractivity contribution < 1.29 is 23.1 Å². The maximum absolute atomic E-state index is 13.3. The Labute approximate surface area is 202 Å². The van der Waals surface area contributed by atoms with Gasteiger partial charge < -0.3 is 5.11 Å². The van der Waals surface area contributed by atoms with Gasteiger partial charge in [0.1, 0.15) is 11.6 Å². The minimum absolute atomic E-state index is 0.00354. The molecule has 0 aliphatic carbocycles. The predicted octanol–water partition coefficient (Wildman–Crippen LogP) is 4.65. The van der Waals surface area contributed by atoms with Gasteiger partial charge in [0.2, 0.25) is 0 Å². The van der Waals surface area contributed by atoms with Gasteiger partial charge >= 0.3 is 0 Å². The number of hydrogen-bond donors (Lipinski definition) is 2. The number of carbonyl (C=O) groups is 2. The van der Waals surface area contributed by atoms with Crippen molar-refractivity contribution in [3.63, 3.8) is 0 Å². The molecule has 0 saturated heterocycles. The zero-order chi connectivity index (χ0) is 25.0. The highest BCUT2D eigenvalue weighted by Crippen LogP contribution is 2.38. The first-order valence-corrected chi connectivity index (χ1v) is 12.2. The van der Waals surface area contributed by atoms with Gasteiger partial charge in [0, 0.05) is 0 Å². The van der Waals surface area contributed by atoms with Crippen LogP contribution in [0.3, 0.4) is 0 Å². The van der Waals surface area contributed by atoms with Crippen LogP contribution >= 0.6 is 11.6 Å². The molecule has 1 aliphatic rings. The Kier molecular flexibility index (Phi) is 5.65. The molecule has 176 valence electrons. The van der Waals surface area contributed by atoms with Gasteiger partial charge in [-0.25, -0.2) is 18.3 Å². The van der Waals surface area contributed by atoms with Crippen molar-refractivity contribution in [3.8, 4) is 5.75 Å². The first-order valence-electron chi connectivity index (χ1n) is 10.3. The lowest BCUT2D eigenvalue weighted by Gasteiger charge is -2.19. The quantitative estimate of drug-likeness (QED) is 0.505. The number of rotatable bonds is 4. The maximum Gasteiger partial charge on any atom is 0.269 e. The number of nitrogens with one attached hydrogen (secondary N) is 1. The van der Waals surface area contributed by atoms with Crippen molar-refractivity contribution >= 4 is 44.9 Å². The number of amides is 2. The van der Waals surface area contributed by atoms with E-state index in [2.05, 4.69) is 9.71 Å².